The Hall–Kier alpha value is -0.950. The summed E-state index contributed by atoms with van der Waals surface area (Å²) in [7, 11) is 1.37. The van der Waals surface area contributed by atoms with Gasteiger partial charge in [-0.15, -0.1) is 12.4 Å². The third kappa shape index (κ3) is 4.26. The third-order valence-electron chi connectivity index (χ3n) is 3.62. The number of hydrogen-bond acceptors (Lipinski definition) is 4. The van der Waals surface area contributed by atoms with Crippen LogP contribution in [0.2, 0.25) is 0 Å². The fraction of sp³-hybridized carbons (Fsp3) is 0.571. The van der Waals surface area contributed by atoms with E-state index in [1.807, 2.05) is 4.90 Å². The van der Waals surface area contributed by atoms with E-state index in [9.17, 15) is 13.9 Å². The number of nitrogens with zero attached hydrogens (tertiary/aromatic N) is 1. The van der Waals surface area contributed by atoms with Crippen molar-refractivity contribution in [2.45, 2.75) is 12.5 Å². The average molecular weight is 323 g/mol. The molecule has 0 radical (unpaired) electrons. The van der Waals surface area contributed by atoms with E-state index in [0.29, 0.717) is 19.5 Å². The molecule has 1 aliphatic heterocycles. The van der Waals surface area contributed by atoms with Gasteiger partial charge in [-0.2, -0.15) is 0 Å². The number of methoxy groups -OCH3 is 1. The van der Waals surface area contributed by atoms with Gasteiger partial charge in [0.2, 0.25) is 0 Å². The molecule has 7 heteroatoms. The van der Waals surface area contributed by atoms with Crippen LogP contribution in [0, 0.1) is 11.6 Å². The van der Waals surface area contributed by atoms with Crippen LogP contribution < -0.4 is 10.1 Å². The summed E-state index contributed by atoms with van der Waals surface area (Å²) in [5, 5.41) is 12.4. The Morgan fingerprint density at radius 1 is 1.29 bits per heavy atom. The lowest BCUT2D eigenvalue weighted by Crippen LogP contribution is -2.45. The molecular weight excluding hydrogens is 302 g/mol. The number of aliphatic hydroxyl groups excluding tert-OH is 1. The molecule has 2 N–H and O–H groups in total. The lowest BCUT2D eigenvalue weighted by molar-refractivity contribution is 0.135. The lowest BCUT2D eigenvalue weighted by Gasteiger charge is -2.35. The maximum absolute atomic E-state index is 14.2. The van der Waals surface area contributed by atoms with Crippen molar-refractivity contribution >= 4 is 12.4 Å². The summed E-state index contributed by atoms with van der Waals surface area (Å²) in [5.41, 5.74) is 0.0155. The predicted octanol–water partition coefficient (Wildman–Crippen LogP) is 1.72. The molecule has 0 aromatic heterocycles. The number of ether oxygens (including phenoxy) is 1. The van der Waals surface area contributed by atoms with E-state index in [2.05, 4.69) is 5.32 Å². The Balaban J connectivity index is 0.00000220. The molecule has 120 valence electrons. The second-order valence-corrected chi connectivity index (χ2v) is 4.82. The first-order chi connectivity index (χ1) is 9.67. The number of rotatable bonds is 5. The Kier molecular flexibility index (Phi) is 7.31. The van der Waals surface area contributed by atoms with Crippen LogP contribution in [0.4, 0.5) is 8.78 Å². The highest BCUT2D eigenvalue weighted by Crippen LogP contribution is 2.31. The summed E-state index contributed by atoms with van der Waals surface area (Å²) in [4.78, 5) is 2.00. The van der Waals surface area contributed by atoms with Crippen LogP contribution in [-0.4, -0.2) is 49.9 Å². The fourth-order valence-corrected chi connectivity index (χ4v) is 2.62. The Morgan fingerprint density at radius 3 is 2.33 bits per heavy atom. The molecular formula is C14H21ClF2N2O2. The number of piperazine rings is 1. The van der Waals surface area contributed by atoms with Gasteiger partial charge < -0.3 is 15.2 Å². The molecule has 0 aliphatic carbocycles. The standard InChI is InChI=1S/C14H20F2N2O2.ClH/c1-20-10-8-11(15)14(12(16)9-10)13(2-7-19)18-5-3-17-4-6-18;/h8-9,13,17,19H,2-7H2,1H3;1H/t13-;/m1./s1. The van der Waals surface area contributed by atoms with Crippen LogP contribution in [0.1, 0.15) is 18.0 Å². The fourth-order valence-electron chi connectivity index (χ4n) is 2.62. The van der Waals surface area contributed by atoms with Crippen molar-refractivity contribution in [2.75, 3.05) is 39.9 Å². The third-order valence-corrected chi connectivity index (χ3v) is 3.62. The highest BCUT2D eigenvalue weighted by molar-refractivity contribution is 5.85. The van der Waals surface area contributed by atoms with Crippen molar-refractivity contribution in [1.29, 1.82) is 0 Å². The predicted molar refractivity (Wildman–Crippen MR) is 79.0 cm³/mol. The van der Waals surface area contributed by atoms with Crippen LogP contribution in [0.5, 0.6) is 5.75 Å². The van der Waals surface area contributed by atoms with Crippen LogP contribution in [0.3, 0.4) is 0 Å². The topological polar surface area (TPSA) is 44.7 Å². The van der Waals surface area contributed by atoms with E-state index >= 15 is 0 Å². The molecule has 1 aromatic rings. The van der Waals surface area contributed by atoms with Crippen molar-refractivity contribution in [2.24, 2.45) is 0 Å². The molecule has 1 aromatic carbocycles. The molecule has 0 amide bonds. The zero-order chi connectivity index (χ0) is 14.5. The van der Waals surface area contributed by atoms with E-state index < -0.39 is 17.7 Å². The van der Waals surface area contributed by atoms with Crippen molar-refractivity contribution in [3.8, 4) is 5.75 Å². The van der Waals surface area contributed by atoms with E-state index in [1.54, 1.807) is 0 Å². The zero-order valence-electron chi connectivity index (χ0n) is 11.9. The van der Waals surface area contributed by atoms with Crippen LogP contribution in [0.15, 0.2) is 12.1 Å². The summed E-state index contributed by atoms with van der Waals surface area (Å²) < 4.78 is 33.2. The van der Waals surface area contributed by atoms with Crippen LogP contribution in [0.25, 0.3) is 0 Å². The molecule has 0 spiro atoms. The van der Waals surface area contributed by atoms with Crippen molar-refractivity contribution in [1.82, 2.24) is 10.2 Å². The minimum absolute atomic E-state index is 0. The highest BCUT2D eigenvalue weighted by atomic mass is 35.5. The van der Waals surface area contributed by atoms with Crippen molar-refractivity contribution < 1.29 is 18.6 Å². The average Bonchev–Trinajstić information content (AvgIpc) is 2.46. The normalized spacial score (nSPS) is 17.1. The number of aliphatic hydroxyl groups is 1. The highest BCUT2D eigenvalue weighted by Gasteiger charge is 2.27. The molecule has 1 heterocycles. The van der Waals surface area contributed by atoms with E-state index in [0.717, 1.165) is 13.1 Å². The SMILES string of the molecule is COc1cc(F)c([C@@H](CCO)N2CCNCC2)c(F)c1.Cl. The first-order valence-corrected chi connectivity index (χ1v) is 6.76. The first-order valence-electron chi connectivity index (χ1n) is 6.76. The molecule has 1 aliphatic rings. The van der Waals surface area contributed by atoms with Gasteiger partial charge in [0.25, 0.3) is 0 Å². The van der Waals surface area contributed by atoms with Gasteiger partial charge in [0.1, 0.15) is 17.4 Å². The summed E-state index contributed by atoms with van der Waals surface area (Å²) in [6.07, 6.45) is 0.306. The second-order valence-electron chi connectivity index (χ2n) is 4.82. The summed E-state index contributed by atoms with van der Waals surface area (Å²) in [6.45, 7) is 2.85. The number of hydrogen-bond donors (Lipinski definition) is 2. The van der Waals surface area contributed by atoms with Gasteiger partial charge in [0, 0.05) is 56.5 Å². The monoisotopic (exact) mass is 322 g/mol. The van der Waals surface area contributed by atoms with Crippen LogP contribution in [-0.2, 0) is 0 Å². The van der Waals surface area contributed by atoms with Gasteiger partial charge in [0.05, 0.1) is 7.11 Å². The van der Waals surface area contributed by atoms with Crippen molar-refractivity contribution in [3.63, 3.8) is 0 Å². The summed E-state index contributed by atoms with van der Waals surface area (Å²) in [6, 6.07) is 1.92. The summed E-state index contributed by atoms with van der Waals surface area (Å²) >= 11 is 0. The molecule has 4 nitrogen and oxygen atoms in total. The van der Waals surface area contributed by atoms with Gasteiger partial charge in [-0.1, -0.05) is 0 Å². The maximum Gasteiger partial charge on any atom is 0.134 e. The molecule has 21 heavy (non-hydrogen) atoms. The van der Waals surface area contributed by atoms with Gasteiger partial charge in [-0.25, -0.2) is 8.78 Å². The number of nitrogens with one attached hydrogen (secondary N) is 1. The first kappa shape index (κ1) is 18.1. The molecule has 0 bridgehead atoms. The minimum atomic E-state index is -0.626. The van der Waals surface area contributed by atoms with E-state index in [4.69, 9.17) is 4.74 Å². The maximum atomic E-state index is 14.2. The lowest BCUT2D eigenvalue weighted by atomic mass is 10.00. The Morgan fingerprint density at radius 2 is 1.86 bits per heavy atom. The molecule has 2 rings (SSSR count). The largest absolute Gasteiger partial charge is 0.497 e. The smallest absolute Gasteiger partial charge is 0.134 e. The Bertz CT molecular complexity index is 434. The number of halogens is 3. The van der Waals surface area contributed by atoms with Gasteiger partial charge in [0.15, 0.2) is 0 Å². The van der Waals surface area contributed by atoms with E-state index in [1.165, 1.54) is 19.2 Å². The van der Waals surface area contributed by atoms with Crippen LogP contribution >= 0.6 is 12.4 Å². The Labute approximate surface area is 129 Å². The second kappa shape index (κ2) is 8.48. The van der Waals surface area contributed by atoms with Crippen molar-refractivity contribution in [3.05, 3.63) is 29.3 Å². The quantitative estimate of drug-likeness (QED) is 0.866. The molecule has 1 atom stereocenters. The zero-order valence-corrected chi connectivity index (χ0v) is 12.8. The molecule has 0 unspecified atom stereocenters. The molecule has 0 saturated carbocycles. The number of benzene rings is 1. The van der Waals surface area contributed by atoms with Gasteiger partial charge in [-0.05, 0) is 6.42 Å². The molecule has 1 saturated heterocycles. The summed E-state index contributed by atoms with van der Waals surface area (Å²) in [5.74, 6) is -1.09. The minimum Gasteiger partial charge on any atom is -0.497 e. The van der Waals surface area contributed by atoms with E-state index in [-0.39, 0.29) is 30.3 Å². The van der Waals surface area contributed by atoms with Gasteiger partial charge in [-0.3, -0.25) is 4.90 Å². The molecule has 1 fully saturated rings. The van der Waals surface area contributed by atoms with Gasteiger partial charge >= 0.3 is 0 Å².